The van der Waals surface area contributed by atoms with Crippen LogP contribution < -0.4 is 4.74 Å². The van der Waals surface area contributed by atoms with Gasteiger partial charge in [0.15, 0.2) is 12.4 Å². The molecule has 0 fully saturated rings. The van der Waals surface area contributed by atoms with Gasteiger partial charge in [0.2, 0.25) is 0 Å². The van der Waals surface area contributed by atoms with Crippen LogP contribution in [0.4, 0.5) is 4.39 Å². The lowest BCUT2D eigenvalue weighted by molar-refractivity contribution is 0.241. The SMILES string of the molecule is CC(C)c1noc(COc2cccc(F)c2C#N)n1. The van der Waals surface area contributed by atoms with Crippen LogP contribution in [0.3, 0.4) is 0 Å². The van der Waals surface area contributed by atoms with Crippen molar-refractivity contribution in [2.75, 3.05) is 0 Å². The molecule has 0 bridgehead atoms. The highest BCUT2D eigenvalue weighted by molar-refractivity contribution is 5.43. The lowest BCUT2D eigenvalue weighted by Gasteiger charge is -2.05. The van der Waals surface area contributed by atoms with Gasteiger partial charge in [-0.3, -0.25) is 0 Å². The Hall–Kier alpha value is -2.42. The molecule has 0 unspecified atom stereocenters. The van der Waals surface area contributed by atoms with E-state index in [4.69, 9.17) is 14.5 Å². The largest absolute Gasteiger partial charge is 0.482 e. The normalized spacial score (nSPS) is 10.5. The van der Waals surface area contributed by atoms with Crippen molar-refractivity contribution in [3.05, 3.63) is 41.3 Å². The predicted octanol–water partition coefficient (Wildman–Crippen LogP) is 2.78. The third kappa shape index (κ3) is 2.88. The van der Waals surface area contributed by atoms with E-state index in [0.717, 1.165) is 0 Å². The molecule has 19 heavy (non-hydrogen) atoms. The first-order valence-corrected chi connectivity index (χ1v) is 5.75. The zero-order valence-electron chi connectivity index (χ0n) is 10.6. The van der Waals surface area contributed by atoms with Gasteiger partial charge in [0, 0.05) is 5.92 Å². The van der Waals surface area contributed by atoms with Crippen molar-refractivity contribution in [2.24, 2.45) is 0 Å². The van der Waals surface area contributed by atoms with Crippen LogP contribution in [0.15, 0.2) is 22.7 Å². The smallest absolute Gasteiger partial charge is 0.264 e. The molecular weight excluding hydrogens is 249 g/mol. The number of hydrogen-bond donors (Lipinski definition) is 0. The highest BCUT2D eigenvalue weighted by atomic mass is 19.1. The molecule has 1 aromatic heterocycles. The summed E-state index contributed by atoms with van der Waals surface area (Å²) in [7, 11) is 0. The molecule has 0 N–H and O–H groups in total. The average molecular weight is 261 g/mol. The lowest BCUT2D eigenvalue weighted by Crippen LogP contribution is -1.99. The molecule has 2 rings (SSSR count). The van der Waals surface area contributed by atoms with Crippen molar-refractivity contribution < 1.29 is 13.7 Å². The topological polar surface area (TPSA) is 71.9 Å². The Labute approximate surface area is 109 Å². The van der Waals surface area contributed by atoms with Crippen molar-refractivity contribution in [2.45, 2.75) is 26.4 Å². The number of nitrogens with zero attached hydrogens (tertiary/aromatic N) is 3. The minimum absolute atomic E-state index is 0.00213. The monoisotopic (exact) mass is 261 g/mol. The first kappa shape index (κ1) is 13.0. The van der Waals surface area contributed by atoms with Gasteiger partial charge in [0.25, 0.3) is 5.89 Å². The minimum atomic E-state index is -0.617. The van der Waals surface area contributed by atoms with Gasteiger partial charge in [-0.05, 0) is 12.1 Å². The number of ether oxygens (including phenoxy) is 1. The zero-order valence-corrected chi connectivity index (χ0v) is 10.6. The summed E-state index contributed by atoms with van der Waals surface area (Å²) in [6.07, 6.45) is 0. The number of rotatable bonds is 4. The standard InChI is InChI=1S/C13H12FN3O2/c1-8(2)13-16-12(19-17-13)7-18-11-5-3-4-10(14)9(11)6-15/h3-5,8H,7H2,1-2H3. The molecule has 0 aliphatic heterocycles. The molecule has 6 heteroatoms. The highest BCUT2D eigenvalue weighted by Crippen LogP contribution is 2.21. The van der Waals surface area contributed by atoms with E-state index in [1.807, 2.05) is 13.8 Å². The van der Waals surface area contributed by atoms with E-state index in [2.05, 4.69) is 10.1 Å². The number of aromatic nitrogens is 2. The van der Waals surface area contributed by atoms with Crippen LogP contribution in [0, 0.1) is 17.1 Å². The van der Waals surface area contributed by atoms with Crippen molar-refractivity contribution in [1.82, 2.24) is 10.1 Å². The van der Waals surface area contributed by atoms with Crippen molar-refractivity contribution in [1.29, 1.82) is 5.26 Å². The van der Waals surface area contributed by atoms with Gasteiger partial charge in [0.05, 0.1) is 0 Å². The van der Waals surface area contributed by atoms with Gasteiger partial charge in [-0.25, -0.2) is 4.39 Å². The maximum Gasteiger partial charge on any atom is 0.264 e. The summed E-state index contributed by atoms with van der Waals surface area (Å²) in [5.74, 6) is 0.566. The molecule has 0 saturated heterocycles. The van der Waals surface area contributed by atoms with Gasteiger partial charge in [-0.15, -0.1) is 0 Å². The fraction of sp³-hybridized carbons (Fsp3) is 0.308. The summed E-state index contributed by atoms with van der Waals surface area (Å²) in [4.78, 5) is 4.12. The number of nitriles is 1. The van der Waals surface area contributed by atoms with E-state index < -0.39 is 5.82 Å². The lowest BCUT2D eigenvalue weighted by atomic mass is 10.2. The maximum absolute atomic E-state index is 13.3. The summed E-state index contributed by atoms with van der Waals surface area (Å²) in [5, 5.41) is 12.6. The quantitative estimate of drug-likeness (QED) is 0.846. The summed E-state index contributed by atoms with van der Waals surface area (Å²) < 4.78 is 23.7. The average Bonchev–Trinajstić information content (AvgIpc) is 2.85. The zero-order chi connectivity index (χ0) is 13.8. The van der Waals surface area contributed by atoms with Crippen LogP contribution in [0.2, 0.25) is 0 Å². The summed E-state index contributed by atoms with van der Waals surface area (Å²) >= 11 is 0. The van der Waals surface area contributed by atoms with E-state index in [1.54, 1.807) is 6.07 Å². The Kier molecular flexibility index (Phi) is 3.76. The van der Waals surface area contributed by atoms with Crippen LogP contribution >= 0.6 is 0 Å². The number of halogens is 1. The first-order valence-electron chi connectivity index (χ1n) is 5.75. The second-order valence-electron chi connectivity index (χ2n) is 4.21. The van der Waals surface area contributed by atoms with Crippen LogP contribution in [0.5, 0.6) is 5.75 Å². The van der Waals surface area contributed by atoms with Crippen molar-refractivity contribution in [3.63, 3.8) is 0 Å². The van der Waals surface area contributed by atoms with Crippen LogP contribution in [0.1, 0.15) is 37.0 Å². The van der Waals surface area contributed by atoms with E-state index in [1.165, 1.54) is 18.2 Å². The van der Waals surface area contributed by atoms with E-state index >= 15 is 0 Å². The molecule has 1 heterocycles. The van der Waals surface area contributed by atoms with Crippen molar-refractivity contribution in [3.8, 4) is 11.8 Å². The molecule has 98 valence electrons. The first-order chi connectivity index (χ1) is 9.11. The highest BCUT2D eigenvalue weighted by Gasteiger charge is 2.12. The molecule has 0 radical (unpaired) electrons. The van der Waals surface area contributed by atoms with Gasteiger partial charge >= 0.3 is 0 Å². The number of hydrogen-bond acceptors (Lipinski definition) is 5. The van der Waals surface area contributed by atoms with Gasteiger partial charge in [-0.2, -0.15) is 10.2 Å². The van der Waals surface area contributed by atoms with E-state index in [0.29, 0.717) is 5.82 Å². The molecule has 0 atom stereocenters. The molecule has 1 aromatic carbocycles. The second-order valence-corrected chi connectivity index (χ2v) is 4.21. The molecule has 0 aliphatic rings. The summed E-state index contributed by atoms with van der Waals surface area (Å²) in [6, 6.07) is 5.95. The Morgan fingerprint density at radius 2 is 2.26 bits per heavy atom. The summed E-state index contributed by atoms with van der Waals surface area (Å²) in [6.45, 7) is 3.88. The third-order valence-electron chi connectivity index (χ3n) is 2.44. The molecule has 0 spiro atoms. The van der Waals surface area contributed by atoms with Gasteiger partial charge in [0.1, 0.15) is 23.2 Å². The molecule has 0 aliphatic carbocycles. The Morgan fingerprint density at radius 3 is 2.89 bits per heavy atom. The molecule has 0 saturated carbocycles. The molecule has 0 amide bonds. The van der Waals surface area contributed by atoms with Crippen LogP contribution in [-0.2, 0) is 6.61 Å². The number of benzene rings is 1. The molecular formula is C13H12FN3O2. The van der Waals surface area contributed by atoms with E-state index in [-0.39, 0.29) is 29.7 Å². The summed E-state index contributed by atoms with van der Waals surface area (Å²) in [5.41, 5.74) is -0.133. The van der Waals surface area contributed by atoms with Crippen LogP contribution in [-0.4, -0.2) is 10.1 Å². The van der Waals surface area contributed by atoms with Gasteiger partial charge < -0.3 is 9.26 Å². The molecule has 5 nitrogen and oxygen atoms in total. The van der Waals surface area contributed by atoms with E-state index in [9.17, 15) is 4.39 Å². The van der Waals surface area contributed by atoms with Gasteiger partial charge in [-0.1, -0.05) is 25.1 Å². The minimum Gasteiger partial charge on any atom is -0.482 e. The van der Waals surface area contributed by atoms with Crippen molar-refractivity contribution >= 4 is 0 Å². The molecule has 2 aromatic rings. The Morgan fingerprint density at radius 1 is 1.47 bits per heavy atom. The second kappa shape index (κ2) is 5.48. The third-order valence-corrected chi connectivity index (χ3v) is 2.44. The fourth-order valence-corrected chi connectivity index (χ4v) is 1.43. The van der Waals surface area contributed by atoms with Crippen LogP contribution in [0.25, 0.3) is 0 Å². The Balaban J connectivity index is 2.10. The predicted molar refractivity (Wildman–Crippen MR) is 63.8 cm³/mol. The fourth-order valence-electron chi connectivity index (χ4n) is 1.43. The maximum atomic E-state index is 13.3. The Bertz CT molecular complexity index is 617.